The summed E-state index contributed by atoms with van der Waals surface area (Å²) in [5.41, 5.74) is 0.754. The average molecular weight is 960 g/mol. The van der Waals surface area contributed by atoms with Gasteiger partial charge in [0.05, 0.1) is 40.9 Å². The first-order chi connectivity index (χ1) is 31.3. The van der Waals surface area contributed by atoms with Crippen LogP contribution in [0.25, 0.3) is 0 Å². The van der Waals surface area contributed by atoms with E-state index in [2.05, 4.69) is 28.8 Å². The van der Waals surface area contributed by atoms with Gasteiger partial charge in [-0.05, 0) is 114 Å². The Labute approximate surface area is 397 Å². The van der Waals surface area contributed by atoms with Gasteiger partial charge >= 0.3 is 5.97 Å². The molecule has 1 aromatic carbocycles. The fraction of sp³-hybridized carbons (Fsp3) is 0.740. The molecule has 5 rings (SSSR count). The highest BCUT2D eigenvalue weighted by atomic mass is 32.2. The van der Waals surface area contributed by atoms with Crippen LogP contribution in [0.4, 0.5) is 4.39 Å². The van der Waals surface area contributed by atoms with Crippen molar-refractivity contribution in [2.24, 2.45) is 40.0 Å². The third-order valence-electron chi connectivity index (χ3n) is 15.2. The van der Waals surface area contributed by atoms with E-state index in [1.807, 2.05) is 46.6 Å². The second-order valence-electron chi connectivity index (χ2n) is 20.7. The highest BCUT2D eigenvalue weighted by Gasteiger charge is 2.52. The van der Waals surface area contributed by atoms with E-state index in [9.17, 15) is 37.7 Å². The lowest BCUT2D eigenvalue weighted by Gasteiger charge is -2.49. The van der Waals surface area contributed by atoms with Crippen LogP contribution in [0.3, 0.4) is 0 Å². The molecule has 0 unspecified atom stereocenters. The van der Waals surface area contributed by atoms with E-state index >= 15 is 0 Å². The number of fused-ring (bicyclic) bond motifs is 5. The van der Waals surface area contributed by atoms with E-state index in [-0.39, 0.29) is 28.7 Å². The molecule has 3 N–H and O–H groups in total. The van der Waals surface area contributed by atoms with Crippen LogP contribution in [-0.2, 0) is 46.5 Å². The number of benzene rings is 1. The summed E-state index contributed by atoms with van der Waals surface area (Å²) in [6.07, 6.45) is 1.57. The van der Waals surface area contributed by atoms with E-state index < -0.39 is 94.0 Å². The van der Waals surface area contributed by atoms with Crippen molar-refractivity contribution in [3.63, 3.8) is 0 Å². The second kappa shape index (κ2) is 22.5. The van der Waals surface area contributed by atoms with Gasteiger partial charge in [0.15, 0.2) is 16.1 Å². The van der Waals surface area contributed by atoms with E-state index in [4.69, 9.17) is 14.2 Å². The summed E-state index contributed by atoms with van der Waals surface area (Å²) in [7, 11) is -1.45. The van der Waals surface area contributed by atoms with Crippen LogP contribution < -0.4 is 0 Å². The van der Waals surface area contributed by atoms with Gasteiger partial charge in [0.25, 0.3) is 0 Å². The number of aliphatic hydroxyl groups excluding tert-OH is 2. The summed E-state index contributed by atoms with van der Waals surface area (Å²) in [4.78, 5) is 33.7. The third-order valence-corrected chi connectivity index (χ3v) is 16.4. The Morgan fingerprint density at radius 2 is 1.78 bits per heavy atom. The van der Waals surface area contributed by atoms with E-state index in [0.29, 0.717) is 75.7 Å². The SMILES string of the molecule is C=C1CC[C@@H]2[C@@H](C)/C(=N/C(C)=O)[C@H](C)C[C@@](C)(CC1)[C@H](O[C@@H]1O[C@H](C)C[C@H](N(C)CCc3cn([C@H](CF)Cc4ccc(S(C)(=O)=O)cc4)nn3)[C@H]1O)[C@@H](C)[C@H](O)[C@@H](C)C(=O)O[C@H](CC)[C@@]2(C)O. The number of nitrogens with zero attached hydrogens (tertiary/aromatic N) is 5. The average Bonchev–Trinajstić information content (AvgIpc) is 3.74. The Balaban J connectivity index is 1.43. The maximum atomic E-state index is 14.4. The number of carbonyl (C=O) groups is 2. The van der Waals surface area contributed by atoms with Gasteiger partial charge in [-0.2, -0.15) is 0 Å². The predicted octanol–water partition coefficient (Wildman–Crippen LogP) is 6.28. The summed E-state index contributed by atoms with van der Waals surface area (Å²) >= 11 is 0. The number of alkyl halides is 1. The summed E-state index contributed by atoms with van der Waals surface area (Å²) in [6.45, 7) is 20.7. The van der Waals surface area contributed by atoms with Crippen molar-refractivity contribution in [1.82, 2.24) is 19.9 Å². The van der Waals surface area contributed by atoms with Gasteiger partial charge in [-0.3, -0.25) is 9.59 Å². The number of aliphatic imine (C=N–C) groups is 1. The van der Waals surface area contributed by atoms with E-state index in [1.54, 1.807) is 32.2 Å². The van der Waals surface area contributed by atoms with Crippen molar-refractivity contribution in [1.29, 1.82) is 0 Å². The number of hydrogen-bond donors (Lipinski definition) is 3. The molecule has 2 saturated heterocycles. The zero-order valence-corrected chi connectivity index (χ0v) is 42.4. The number of sulfone groups is 1. The van der Waals surface area contributed by atoms with Crippen molar-refractivity contribution in [2.75, 3.05) is 26.5 Å². The van der Waals surface area contributed by atoms with Gasteiger partial charge in [0.2, 0.25) is 5.91 Å². The topological polar surface area (TPSA) is 203 Å². The van der Waals surface area contributed by atoms with E-state index in [0.717, 1.165) is 17.4 Å². The molecule has 1 amide bonds. The Hall–Kier alpha value is -3.45. The number of ether oxygens (including phenoxy) is 3. The Kier molecular flexibility index (Phi) is 18.3. The Morgan fingerprint density at radius 1 is 1.10 bits per heavy atom. The van der Waals surface area contributed by atoms with Crippen LogP contribution >= 0.6 is 0 Å². The number of hydrogen-bond acceptors (Lipinski definition) is 13. The molecular formula is C50H78FN5O10S. The number of aromatic nitrogens is 3. The Morgan fingerprint density at radius 3 is 2.39 bits per heavy atom. The van der Waals surface area contributed by atoms with Crippen LogP contribution in [0.5, 0.6) is 0 Å². The number of amides is 1. The van der Waals surface area contributed by atoms with Crippen molar-refractivity contribution in [3.05, 3.63) is 53.9 Å². The molecule has 15 nitrogen and oxygen atoms in total. The molecule has 0 radical (unpaired) electrons. The summed E-state index contributed by atoms with van der Waals surface area (Å²) in [6, 6.07) is 5.31. The van der Waals surface area contributed by atoms with Crippen LogP contribution in [0.15, 0.2) is 52.5 Å². The molecule has 3 fully saturated rings. The number of halogens is 1. The summed E-state index contributed by atoms with van der Waals surface area (Å²) in [5.74, 6) is -3.83. The molecule has 3 heterocycles. The number of rotatable bonds is 12. The molecule has 67 heavy (non-hydrogen) atoms. The third kappa shape index (κ3) is 13.1. The molecule has 0 spiro atoms. The minimum atomic E-state index is -3.36. The van der Waals surface area contributed by atoms with Crippen LogP contribution in [0.2, 0.25) is 0 Å². The van der Waals surface area contributed by atoms with Crippen molar-refractivity contribution in [3.8, 4) is 0 Å². The fourth-order valence-corrected chi connectivity index (χ4v) is 11.8. The molecule has 15 atom stereocenters. The first kappa shape index (κ1) is 54.5. The summed E-state index contributed by atoms with van der Waals surface area (Å²) in [5, 5.41) is 45.3. The van der Waals surface area contributed by atoms with Gasteiger partial charge in [0, 0.05) is 55.9 Å². The molecule has 17 heteroatoms. The van der Waals surface area contributed by atoms with Crippen molar-refractivity contribution >= 4 is 27.4 Å². The first-order valence-electron chi connectivity index (χ1n) is 24.1. The number of cyclic esters (lactones) is 1. The van der Waals surface area contributed by atoms with Crippen LogP contribution in [-0.4, -0.2) is 136 Å². The standard InChI is InChI=1S/C50H78FN5O10S/c1-13-42-50(10,61)40-19-14-29(2)20-22-49(9,26-30(3)43(32(40)5)52-35(8)57)46(33(6)44(58)34(7)47(60)65-42)66-48-45(59)41(24-31(4)64-48)55(11)23-21-37-28-56(54-53-37)38(27-51)25-36-15-17-39(18-16-36)67(12,62)63/h15-18,28,30-34,38,40-42,44-46,48,58-59,61H,2,13-14,19-27H2,1,3-12H3/b52-43+/t30-,31-,32-,33+,34-,38+,40-,41+,42-,44+,45-,46-,48+,49-,50+/m1/s1. The molecule has 2 bridgehead atoms. The molecule has 1 aliphatic carbocycles. The lowest BCUT2D eigenvalue weighted by molar-refractivity contribution is -0.293. The number of aliphatic hydroxyl groups is 3. The molecule has 3 aliphatic rings. The molecular weight excluding hydrogens is 882 g/mol. The number of esters is 1. The van der Waals surface area contributed by atoms with E-state index in [1.165, 1.54) is 23.7 Å². The highest BCUT2D eigenvalue weighted by Crippen LogP contribution is 2.48. The second-order valence-corrected chi connectivity index (χ2v) is 22.7. The number of allylic oxidation sites excluding steroid dienone is 1. The zero-order valence-electron chi connectivity index (χ0n) is 41.6. The van der Waals surface area contributed by atoms with Gasteiger partial charge in [-0.1, -0.05) is 64.1 Å². The minimum Gasteiger partial charge on any atom is -0.459 e. The molecule has 1 saturated carbocycles. The quantitative estimate of drug-likeness (QED) is 0.159. The van der Waals surface area contributed by atoms with Gasteiger partial charge in [-0.15, -0.1) is 5.10 Å². The molecule has 2 aliphatic heterocycles. The molecule has 2 aromatic rings. The predicted molar refractivity (Wildman–Crippen MR) is 254 cm³/mol. The molecule has 376 valence electrons. The lowest BCUT2D eigenvalue weighted by Crippen LogP contribution is -2.58. The zero-order chi connectivity index (χ0) is 49.8. The minimum absolute atomic E-state index is 0.192. The summed E-state index contributed by atoms with van der Waals surface area (Å²) < 4.78 is 59.3. The lowest BCUT2D eigenvalue weighted by atomic mass is 9.65. The first-order valence-corrected chi connectivity index (χ1v) is 26.0. The Bertz CT molecular complexity index is 2150. The number of likely N-dealkylation sites (N-methyl/N-ethyl adjacent to an activating group) is 1. The van der Waals surface area contributed by atoms with Gasteiger partial charge < -0.3 is 34.4 Å². The largest absolute Gasteiger partial charge is 0.459 e. The monoisotopic (exact) mass is 960 g/mol. The number of carbonyl (C=O) groups excluding carboxylic acids is 2. The van der Waals surface area contributed by atoms with Crippen molar-refractivity contribution < 1.29 is 51.9 Å². The maximum absolute atomic E-state index is 14.4. The van der Waals surface area contributed by atoms with Crippen molar-refractivity contribution in [2.45, 2.75) is 179 Å². The fourth-order valence-electron chi connectivity index (χ4n) is 11.2. The molecule has 1 aromatic heterocycles. The maximum Gasteiger partial charge on any atom is 0.311 e. The van der Waals surface area contributed by atoms with Gasteiger partial charge in [-0.25, -0.2) is 22.5 Å². The normalized spacial score (nSPS) is 36.2. The van der Waals surface area contributed by atoms with Gasteiger partial charge in [0.1, 0.15) is 24.5 Å². The van der Waals surface area contributed by atoms with Crippen LogP contribution in [0.1, 0.15) is 125 Å². The van der Waals surface area contributed by atoms with Crippen LogP contribution in [0, 0.1) is 35.0 Å². The smallest absolute Gasteiger partial charge is 0.311 e. The highest BCUT2D eigenvalue weighted by molar-refractivity contribution is 7.90.